The summed E-state index contributed by atoms with van der Waals surface area (Å²) in [5, 5.41) is 5.44. The van der Waals surface area contributed by atoms with Crippen LogP contribution in [0.4, 0.5) is 11.4 Å². The van der Waals surface area contributed by atoms with Gasteiger partial charge in [-0.1, -0.05) is 29.0 Å². The fourth-order valence-corrected chi connectivity index (χ4v) is 4.34. The topological polar surface area (TPSA) is 119 Å². The van der Waals surface area contributed by atoms with Crippen LogP contribution in [0.15, 0.2) is 59.4 Å². The molecule has 2 heterocycles. The number of hydrogen-bond acceptors (Lipinski definition) is 7. The summed E-state index contributed by atoms with van der Waals surface area (Å²) < 4.78 is 5.81. The van der Waals surface area contributed by atoms with Gasteiger partial charge in [0, 0.05) is 23.1 Å². The second-order valence-corrected chi connectivity index (χ2v) is 8.45. The molecule has 4 aromatic rings. The molecule has 0 bridgehead atoms. The van der Waals surface area contributed by atoms with Gasteiger partial charge < -0.3 is 15.4 Å². The van der Waals surface area contributed by atoms with Gasteiger partial charge in [0.05, 0.1) is 12.7 Å². The van der Waals surface area contributed by atoms with Crippen LogP contribution in [0.1, 0.15) is 41.8 Å². The van der Waals surface area contributed by atoms with E-state index in [2.05, 4.69) is 20.4 Å². The third-order valence-electron chi connectivity index (χ3n) is 4.94. The highest BCUT2D eigenvalue weighted by Crippen LogP contribution is 2.24. The molecule has 0 spiro atoms. The Labute approximate surface area is 198 Å². The van der Waals surface area contributed by atoms with E-state index in [4.69, 9.17) is 0 Å². The van der Waals surface area contributed by atoms with Crippen molar-refractivity contribution in [3.05, 3.63) is 92.3 Å². The number of carbonyl (C=O) groups is 3. The lowest BCUT2D eigenvalue weighted by atomic mass is 10.2. The van der Waals surface area contributed by atoms with Crippen LogP contribution >= 0.6 is 11.3 Å². The highest BCUT2D eigenvalue weighted by molar-refractivity contribution is 7.19. The van der Waals surface area contributed by atoms with Crippen LogP contribution in [0.2, 0.25) is 0 Å². The normalized spacial score (nSPS) is 10.7. The van der Waals surface area contributed by atoms with Crippen molar-refractivity contribution in [3.63, 3.8) is 0 Å². The van der Waals surface area contributed by atoms with Crippen LogP contribution in [-0.2, 0) is 4.74 Å². The predicted octanol–water partition coefficient (Wildman–Crippen LogP) is 3.66. The molecule has 34 heavy (non-hydrogen) atoms. The molecule has 10 heteroatoms. The van der Waals surface area contributed by atoms with Gasteiger partial charge in [-0.2, -0.15) is 0 Å². The Morgan fingerprint density at radius 1 is 0.912 bits per heavy atom. The maximum absolute atomic E-state index is 13.2. The largest absolute Gasteiger partial charge is 0.465 e. The van der Waals surface area contributed by atoms with Gasteiger partial charge in [0.15, 0.2) is 4.96 Å². The van der Waals surface area contributed by atoms with E-state index in [9.17, 15) is 19.2 Å². The Morgan fingerprint density at radius 3 is 2.12 bits per heavy atom. The molecule has 2 N–H and O–H groups in total. The van der Waals surface area contributed by atoms with Gasteiger partial charge in [0.25, 0.3) is 17.4 Å². The first kappa shape index (κ1) is 22.9. The zero-order valence-corrected chi connectivity index (χ0v) is 19.4. The SMILES string of the molecule is COC(=O)c1ccc(NC(=O)c2sc3nc(C)cc(=O)n3c2C(=O)Nc2ccc(C)cc2)cc1. The molecule has 0 aliphatic carbocycles. The Morgan fingerprint density at radius 2 is 1.50 bits per heavy atom. The van der Waals surface area contributed by atoms with E-state index < -0.39 is 23.3 Å². The second-order valence-electron chi connectivity index (χ2n) is 7.48. The third-order valence-corrected chi connectivity index (χ3v) is 5.98. The first-order valence-corrected chi connectivity index (χ1v) is 11.0. The van der Waals surface area contributed by atoms with Crippen LogP contribution in [0.25, 0.3) is 4.96 Å². The summed E-state index contributed by atoms with van der Waals surface area (Å²) in [6, 6.07) is 14.5. The van der Waals surface area contributed by atoms with E-state index in [1.807, 2.05) is 19.1 Å². The lowest BCUT2D eigenvalue weighted by molar-refractivity contribution is 0.0600. The molecule has 0 aliphatic rings. The number of amides is 2. The van der Waals surface area contributed by atoms with Crippen molar-refractivity contribution >= 4 is 45.5 Å². The minimum Gasteiger partial charge on any atom is -0.465 e. The Hall–Kier alpha value is -4.31. The molecule has 2 aromatic heterocycles. The Balaban J connectivity index is 1.72. The number of carbonyl (C=O) groups excluding carboxylic acids is 3. The molecule has 0 unspecified atom stereocenters. The van der Waals surface area contributed by atoms with E-state index >= 15 is 0 Å². The lowest BCUT2D eigenvalue weighted by Crippen LogP contribution is -2.25. The highest BCUT2D eigenvalue weighted by Gasteiger charge is 2.26. The van der Waals surface area contributed by atoms with E-state index in [1.54, 1.807) is 19.1 Å². The smallest absolute Gasteiger partial charge is 0.337 e. The first-order valence-electron chi connectivity index (χ1n) is 10.2. The number of anilines is 2. The summed E-state index contributed by atoms with van der Waals surface area (Å²) in [6.45, 7) is 3.58. The minimum absolute atomic E-state index is 0.0249. The molecule has 0 aliphatic heterocycles. The van der Waals surface area contributed by atoms with Crippen LogP contribution in [0.3, 0.4) is 0 Å². The lowest BCUT2D eigenvalue weighted by Gasteiger charge is -2.09. The number of esters is 1. The van der Waals surface area contributed by atoms with Gasteiger partial charge in [-0.15, -0.1) is 0 Å². The maximum Gasteiger partial charge on any atom is 0.337 e. The summed E-state index contributed by atoms with van der Waals surface area (Å²) >= 11 is 0.937. The van der Waals surface area contributed by atoms with Crippen molar-refractivity contribution in [1.82, 2.24) is 9.38 Å². The highest BCUT2D eigenvalue weighted by atomic mass is 32.1. The molecule has 4 rings (SSSR count). The number of nitrogens with zero attached hydrogens (tertiary/aromatic N) is 2. The van der Waals surface area contributed by atoms with Crippen molar-refractivity contribution in [3.8, 4) is 0 Å². The van der Waals surface area contributed by atoms with Gasteiger partial charge >= 0.3 is 5.97 Å². The fourth-order valence-electron chi connectivity index (χ4n) is 3.27. The summed E-state index contributed by atoms with van der Waals surface area (Å²) in [4.78, 5) is 55.3. The Kier molecular flexibility index (Phi) is 6.24. The molecule has 0 saturated carbocycles. The number of methoxy groups -OCH3 is 1. The number of rotatable bonds is 5. The maximum atomic E-state index is 13.2. The first-order chi connectivity index (χ1) is 16.3. The van der Waals surface area contributed by atoms with Gasteiger partial charge in [-0.25, -0.2) is 14.2 Å². The van der Waals surface area contributed by atoms with Crippen molar-refractivity contribution < 1.29 is 19.1 Å². The summed E-state index contributed by atoms with van der Waals surface area (Å²) in [6.07, 6.45) is 0. The van der Waals surface area contributed by atoms with E-state index in [0.29, 0.717) is 22.6 Å². The molecule has 2 aromatic carbocycles. The molecule has 0 saturated heterocycles. The predicted molar refractivity (Wildman–Crippen MR) is 129 cm³/mol. The van der Waals surface area contributed by atoms with E-state index in [-0.39, 0.29) is 15.5 Å². The number of aryl methyl sites for hydroxylation is 2. The molecular weight excluding hydrogens is 456 g/mol. The van der Waals surface area contributed by atoms with Crippen molar-refractivity contribution in [2.45, 2.75) is 13.8 Å². The Bertz CT molecular complexity index is 1470. The minimum atomic E-state index is -0.617. The van der Waals surface area contributed by atoms with Crippen LogP contribution in [-0.4, -0.2) is 34.3 Å². The standard InChI is InChI=1S/C24H20N4O5S/c1-13-4-8-16(9-5-13)26-21(30)19-20(34-24-25-14(2)12-18(29)28(19)24)22(31)27-17-10-6-15(7-11-17)23(32)33-3/h4-12H,1-3H3,(H,26,30)(H,27,31). The number of benzene rings is 2. The molecule has 2 amide bonds. The zero-order chi connectivity index (χ0) is 24.4. The average molecular weight is 477 g/mol. The van der Waals surface area contributed by atoms with Crippen molar-refractivity contribution in [2.24, 2.45) is 0 Å². The van der Waals surface area contributed by atoms with E-state index in [1.165, 1.54) is 37.4 Å². The number of thiazole rings is 1. The van der Waals surface area contributed by atoms with Crippen molar-refractivity contribution in [1.29, 1.82) is 0 Å². The van der Waals surface area contributed by atoms with Gasteiger partial charge in [-0.3, -0.25) is 14.4 Å². The third kappa shape index (κ3) is 4.57. The zero-order valence-electron chi connectivity index (χ0n) is 18.5. The van der Waals surface area contributed by atoms with Crippen LogP contribution in [0.5, 0.6) is 0 Å². The number of ether oxygens (including phenoxy) is 1. The molecule has 0 fully saturated rings. The van der Waals surface area contributed by atoms with Gasteiger partial charge in [0.2, 0.25) is 0 Å². The van der Waals surface area contributed by atoms with Gasteiger partial charge in [-0.05, 0) is 50.2 Å². The number of hydrogen-bond donors (Lipinski definition) is 2. The monoisotopic (exact) mass is 476 g/mol. The van der Waals surface area contributed by atoms with Crippen LogP contribution < -0.4 is 16.2 Å². The average Bonchev–Trinajstić information content (AvgIpc) is 3.20. The van der Waals surface area contributed by atoms with Crippen LogP contribution in [0, 0.1) is 13.8 Å². The summed E-state index contributed by atoms with van der Waals surface area (Å²) in [5.41, 5.74) is 2.17. The molecule has 0 radical (unpaired) electrons. The number of fused-ring (bicyclic) bond motifs is 1. The molecule has 172 valence electrons. The molecule has 0 atom stereocenters. The quantitative estimate of drug-likeness (QED) is 0.424. The van der Waals surface area contributed by atoms with Crippen molar-refractivity contribution in [2.75, 3.05) is 17.7 Å². The molecular formula is C24H20N4O5S. The van der Waals surface area contributed by atoms with E-state index in [0.717, 1.165) is 21.3 Å². The number of aromatic nitrogens is 2. The fraction of sp³-hybridized carbons (Fsp3) is 0.125. The molecule has 9 nitrogen and oxygen atoms in total. The van der Waals surface area contributed by atoms with Gasteiger partial charge in [0.1, 0.15) is 10.6 Å². The second kappa shape index (κ2) is 9.28. The summed E-state index contributed by atoms with van der Waals surface area (Å²) in [5.74, 6) is -1.71. The summed E-state index contributed by atoms with van der Waals surface area (Å²) in [7, 11) is 1.28. The number of nitrogens with one attached hydrogen (secondary N) is 2.